The lowest BCUT2D eigenvalue weighted by Crippen LogP contribution is -2.31. The quantitative estimate of drug-likeness (QED) is 0.557. The molecule has 0 saturated carbocycles. The molecule has 8 heteroatoms. The van der Waals surface area contributed by atoms with E-state index in [-0.39, 0.29) is 5.91 Å². The molecule has 1 amide bonds. The molecule has 0 spiro atoms. The summed E-state index contributed by atoms with van der Waals surface area (Å²) in [6.45, 7) is 1.81. The van der Waals surface area contributed by atoms with Gasteiger partial charge in [-0.1, -0.05) is 25.0 Å². The van der Waals surface area contributed by atoms with Crippen LogP contribution in [0.1, 0.15) is 42.5 Å². The molecule has 0 radical (unpaired) electrons. The Morgan fingerprint density at radius 1 is 1.07 bits per heavy atom. The molecule has 2 aromatic rings. The van der Waals surface area contributed by atoms with Gasteiger partial charge < -0.3 is 4.90 Å². The first-order valence-electron chi connectivity index (χ1n) is 9.93. The van der Waals surface area contributed by atoms with Gasteiger partial charge in [-0.3, -0.25) is 4.79 Å². The molecule has 0 unspecified atom stereocenters. The third-order valence-electron chi connectivity index (χ3n) is 5.20. The van der Waals surface area contributed by atoms with Crippen molar-refractivity contribution in [2.24, 2.45) is 0 Å². The van der Waals surface area contributed by atoms with Gasteiger partial charge in [0.1, 0.15) is 0 Å². The number of halogens is 1. The SMILES string of the molecule is CN(Cc1ccc(Br)s1)C(=O)CCc1ccc(S(=O)(=O)N2CCCCCC2)cc1. The van der Waals surface area contributed by atoms with Gasteiger partial charge in [-0.15, -0.1) is 11.3 Å². The number of rotatable bonds is 7. The van der Waals surface area contributed by atoms with Crippen molar-refractivity contribution in [3.05, 3.63) is 50.6 Å². The zero-order chi connectivity index (χ0) is 20.9. The minimum atomic E-state index is -3.42. The second kappa shape index (κ2) is 10.2. The third kappa shape index (κ3) is 6.13. The summed E-state index contributed by atoms with van der Waals surface area (Å²) < 4.78 is 28.4. The highest BCUT2D eigenvalue weighted by atomic mass is 79.9. The Labute approximate surface area is 185 Å². The number of aryl methyl sites for hydroxylation is 1. The highest BCUT2D eigenvalue weighted by Crippen LogP contribution is 2.24. The van der Waals surface area contributed by atoms with Gasteiger partial charge in [0, 0.05) is 31.4 Å². The predicted octanol–water partition coefficient (Wildman–Crippen LogP) is 4.67. The number of carbonyl (C=O) groups is 1. The molecule has 1 saturated heterocycles. The lowest BCUT2D eigenvalue weighted by Gasteiger charge is -2.20. The molecular weight excluding hydrogens is 472 g/mol. The molecule has 29 heavy (non-hydrogen) atoms. The van der Waals surface area contributed by atoms with E-state index in [0.29, 0.717) is 37.4 Å². The van der Waals surface area contributed by atoms with Gasteiger partial charge in [0.2, 0.25) is 15.9 Å². The van der Waals surface area contributed by atoms with Crippen molar-refractivity contribution in [1.29, 1.82) is 0 Å². The van der Waals surface area contributed by atoms with E-state index >= 15 is 0 Å². The Morgan fingerprint density at radius 3 is 2.31 bits per heavy atom. The van der Waals surface area contributed by atoms with Crippen LogP contribution < -0.4 is 0 Å². The molecule has 1 aliphatic heterocycles. The first-order chi connectivity index (χ1) is 13.9. The Balaban J connectivity index is 1.55. The number of amides is 1. The van der Waals surface area contributed by atoms with Crippen LogP contribution in [0.3, 0.4) is 0 Å². The number of nitrogens with zero attached hydrogens (tertiary/aromatic N) is 2. The Hall–Kier alpha value is -1.22. The normalized spacial score (nSPS) is 15.8. The summed E-state index contributed by atoms with van der Waals surface area (Å²) in [6.07, 6.45) is 5.04. The van der Waals surface area contributed by atoms with Gasteiger partial charge in [-0.05, 0) is 65.0 Å². The van der Waals surface area contributed by atoms with Gasteiger partial charge in [0.15, 0.2) is 0 Å². The fraction of sp³-hybridized carbons (Fsp3) is 0.476. The van der Waals surface area contributed by atoms with E-state index in [1.54, 1.807) is 32.7 Å². The van der Waals surface area contributed by atoms with Crippen molar-refractivity contribution in [3.8, 4) is 0 Å². The molecule has 5 nitrogen and oxygen atoms in total. The fourth-order valence-electron chi connectivity index (χ4n) is 3.46. The van der Waals surface area contributed by atoms with E-state index in [9.17, 15) is 13.2 Å². The summed E-state index contributed by atoms with van der Waals surface area (Å²) in [5.74, 6) is 0.0794. The first-order valence-corrected chi connectivity index (χ1v) is 13.0. The van der Waals surface area contributed by atoms with E-state index in [1.807, 2.05) is 31.3 Å². The molecular formula is C21H27BrN2O3S2. The lowest BCUT2D eigenvalue weighted by atomic mass is 10.1. The van der Waals surface area contributed by atoms with Crippen LogP contribution in [-0.4, -0.2) is 43.7 Å². The number of hydrogen-bond acceptors (Lipinski definition) is 4. The van der Waals surface area contributed by atoms with Crippen LogP contribution in [0.4, 0.5) is 0 Å². The minimum absolute atomic E-state index is 0.0794. The second-order valence-electron chi connectivity index (χ2n) is 7.42. The minimum Gasteiger partial charge on any atom is -0.341 e. The largest absolute Gasteiger partial charge is 0.341 e. The van der Waals surface area contributed by atoms with Crippen molar-refractivity contribution in [3.63, 3.8) is 0 Å². The summed E-state index contributed by atoms with van der Waals surface area (Å²) in [5.41, 5.74) is 0.973. The smallest absolute Gasteiger partial charge is 0.243 e. The molecule has 1 aromatic heterocycles. The lowest BCUT2D eigenvalue weighted by molar-refractivity contribution is -0.130. The summed E-state index contributed by atoms with van der Waals surface area (Å²) in [5, 5.41) is 0. The maximum atomic E-state index is 12.8. The summed E-state index contributed by atoms with van der Waals surface area (Å²) in [4.78, 5) is 15.6. The van der Waals surface area contributed by atoms with Crippen LogP contribution in [0, 0.1) is 0 Å². The summed E-state index contributed by atoms with van der Waals surface area (Å²) in [7, 11) is -1.61. The maximum absolute atomic E-state index is 12.8. The second-order valence-corrected chi connectivity index (χ2v) is 11.9. The molecule has 3 rings (SSSR count). The molecule has 0 bridgehead atoms. The number of hydrogen-bond donors (Lipinski definition) is 0. The first kappa shape index (κ1) is 22.5. The number of sulfonamides is 1. The zero-order valence-corrected chi connectivity index (χ0v) is 19.9. The van der Waals surface area contributed by atoms with Gasteiger partial charge in [0.05, 0.1) is 15.2 Å². The van der Waals surface area contributed by atoms with Crippen molar-refractivity contribution < 1.29 is 13.2 Å². The molecule has 0 atom stereocenters. The zero-order valence-electron chi connectivity index (χ0n) is 16.6. The average Bonchev–Trinajstić information content (AvgIpc) is 2.94. The van der Waals surface area contributed by atoms with E-state index in [2.05, 4.69) is 15.9 Å². The summed E-state index contributed by atoms with van der Waals surface area (Å²) >= 11 is 5.07. The number of carbonyl (C=O) groups excluding carboxylic acids is 1. The fourth-order valence-corrected chi connectivity index (χ4v) is 6.51. The van der Waals surface area contributed by atoms with Crippen LogP contribution in [0.25, 0.3) is 0 Å². The highest BCUT2D eigenvalue weighted by Gasteiger charge is 2.24. The predicted molar refractivity (Wildman–Crippen MR) is 120 cm³/mol. The molecule has 1 aliphatic rings. The van der Waals surface area contributed by atoms with Crippen molar-refractivity contribution >= 4 is 43.2 Å². The van der Waals surface area contributed by atoms with Crippen molar-refractivity contribution in [1.82, 2.24) is 9.21 Å². The van der Waals surface area contributed by atoms with E-state index in [0.717, 1.165) is 39.9 Å². The Kier molecular flexibility index (Phi) is 7.90. The van der Waals surface area contributed by atoms with Crippen molar-refractivity contribution in [2.75, 3.05) is 20.1 Å². The third-order valence-corrected chi connectivity index (χ3v) is 8.72. The molecule has 0 N–H and O–H groups in total. The van der Waals surface area contributed by atoms with Crippen LogP contribution in [-0.2, 0) is 27.8 Å². The van der Waals surface area contributed by atoms with Crippen LogP contribution in [0.15, 0.2) is 45.1 Å². The monoisotopic (exact) mass is 498 g/mol. The van der Waals surface area contributed by atoms with E-state index in [4.69, 9.17) is 0 Å². The molecule has 158 valence electrons. The highest BCUT2D eigenvalue weighted by molar-refractivity contribution is 9.11. The van der Waals surface area contributed by atoms with Crippen LogP contribution in [0.2, 0.25) is 0 Å². The van der Waals surface area contributed by atoms with Gasteiger partial charge in [0.25, 0.3) is 0 Å². The maximum Gasteiger partial charge on any atom is 0.243 e. The Bertz CT molecular complexity index is 918. The summed E-state index contributed by atoms with van der Waals surface area (Å²) in [6, 6.07) is 11.0. The molecule has 2 heterocycles. The molecule has 1 aromatic carbocycles. The molecule has 0 aliphatic carbocycles. The number of benzene rings is 1. The van der Waals surface area contributed by atoms with Gasteiger partial charge in [-0.2, -0.15) is 4.31 Å². The van der Waals surface area contributed by atoms with Gasteiger partial charge >= 0.3 is 0 Å². The van der Waals surface area contributed by atoms with Crippen LogP contribution >= 0.6 is 27.3 Å². The van der Waals surface area contributed by atoms with Crippen molar-refractivity contribution in [2.45, 2.75) is 50.0 Å². The number of thiophene rings is 1. The van der Waals surface area contributed by atoms with E-state index in [1.165, 1.54) is 0 Å². The average molecular weight is 499 g/mol. The molecule has 1 fully saturated rings. The van der Waals surface area contributed by atoms with Gasteiger partial charge in [-0.25, -0.2) is 8.42 Å². The van der Waals surface area contributed by atoms with Crippen LogP contribution in [0.5, 0.6) is 0 Å². The topological polar surface area (TPSA) is 57.7 Å². The standard InChI is InChI=1S/C21H27BrN2O3S2/c1-23(16-18-9-12-20(22)28-18)21(25)13-8-17-6-10-19(11-7-17)29(26,27)24-14-4-2-3-5-15-24/h6-7,9-12H,2-5,8,13-16H2,1H3. The Morgan fingerprint density at radius 2 is 1.72 bits per heavy atom. The van der Waals surface area contributed by atoms with E-state index < -0.39 is 10.0 Å².